The maximum Gasteiger partial charge on any atom is 0.329 e. The fourth-order valence-electron chi connectivity index (χ4n) is 2.09. The van der Waals surface area contributed by atoms with E-state index in [-0.39, 0.29) is 17.9 Å². The van der Waals surface area contributed by atoms with Crippen molar-refractivity contribution in [1.29, 1.82) is 0 Å². The zero-order chi connectivity index (χ0) is 20.1. The number of nitrogens with one attached hydrogen (secondary N) is 1. The maximum absolute atomic E-state index is 12.5. The van der Waals surface area contributed by atoms with Crippen molar-refractivity contribution in [2.24, 2.45) is 0 Å². The second-order valence-corrected chi connectivity index (χ2v) is 8.07. The minimum absolute atomic E-state index is 0.0724. The Balaban J connectivity index is 2.92. The molecule has 0 saturated heterocycles. The highest BCUT2D eigenvalue weighted by molar-refractivity contribution is 5.94. The van der Waals surface area contributed by atoms with Gasteiger partial charge in [0.15, 0.2) is 5.76 Å². The monoisotopic (exact) mass is 363 g/mol. The predicted molar refractivity (Wildman–Crippen MR) is 99.6 cm³/mol. The molecule has 1 atom stereocenters. The molecular weight excluding hydrogens is 334 g/mol. The molecule has 2 N–H and O–H groups in total. The number of aromatic hydroxyl groups is 1. The van der Waals surface area contributed by atoms with Crippen molar-refractivity contribution in [1.82, 2.24) is 5.32 Å². The lowest BCUT2D eigenvalue weighted by atomic mass is 10.0. The summed E-state index contributed by atoms with van der Waals surface area (Å²) >= 11 is 0. The van der Waals surface area contributed by atoms with Gasteiger partial charge in [0.2, 0.25) is 0 Å². The average molecular weight is 363 g/mol. The number of phenols is 1. The van der Waals surface area contributed by atoms with E-state index in [0.29, 0.717) is 0 Å². The number of benzene rings is 1. The normalized spacial score (nSPS) is 12.8. The summed E-state index contributed by atoms with van der Waals surface area (Å²) in [4.78, 5) is 24.9. The largest absolute Gasteiger partial charge is 0.508 e. The van der Waals surface area contributed by atoms with Crippen molar-refractivity contribution in [3.63, 3.8) is 0 Å². The molecular formula is C20H29NO5. The molecule has 0 bridgehead atoms. The average Bonchev–Trinajstić information content (AvgIpc) is 2.45. The molecule has 1 rings (SSSR count). The van der Waals surface area contributed by atoms with E-state index in [9.17, 15) is 14.7 Å². The molecule has 0 aliphatic rings. The zero-order valence-corrected chi connectivity index (χ0v) is 16.4. The first-order chi connectivity index (χ1) is 11.8. The molecule has 0 heterocycles. The van der Waals surface area contributed by atoms with Crippen molar-refractivity contribution in [2.45, 2.75) is 65.2 Å². The first kappa shape index (κ1) is 21.5. The van der Waals surface area contributed by atoms with E-state index in [2.05, 4.69) is 11.9 Å². The molecule has 1 aromatic carbocycles. The van der Waals surface area contributed by atoms with Crippen LogP contribution in [0.3, 0.4) is 0 Å². The van der Waals surface area contributed by atoms with Crippen LogP contribution in [0.4, 0.5) is 0 Å². The summed E-state index contributed by atoms with van der Waals surface area (Å²) in [7, 11) is 0. The van der Waals surface area contributed by atoms with Crippen molar-refractivity contribution in [3.05, 3.63) is 42.2 Å². The molecule has 0 radical (unpaired) electrons. The molecule has 0 saturated carbocycles. The Morgan fingerprint density at radius 1 is 1.04 bits per heavy atom. The summed E-state index contributed by atoms with van der Waals surface area (Å²) in [6, 6.07) is 5.49. The van der Waals surface area contributed by atoms with Crippen molar-refractivity contribution >= 4 is 11.9 Å². The number of hydrogen-bond donors (Lipinski definition) is 2. The van der Waals surface area contributed by atoms with E-state index in [1.165, 1.54) is 12.1 Å². The fourth-order valence-corrected chi connectivity index (χ4v) is 2.09. The second kappa shape index (κ2) is 8.25. The highest BCUT2D eigenvalue weighted by Crippen LogP contribution is 2.16. The van der Waals surface area contributed by atoms with Gasteiger partial charge in [0, 0.05) is 6.42 Å². The topological polar surface area (TPSA) is 84.9 Å². The Morgan fingerprint density at radius 2 is 1.54 bits per heavy atom. The Hall–Kier alpha value is -2.50. The Morgan fingerprint density at radius 3 is 2.00 bits per heavy atom. The van der Waals surface area contributed by atoms with Gasteiger partial charge in [-0.05, 0) is 59.2 Å². The molecule has 0 aliphatic carbocycles. The molecule has 0 aromatic heterocycles. The molecule has 26 heavy (non-hydrogen) atoms. The van der Waals surface area contributed by atoms with Gasteiger partial charge in [0.1, 0.15) is 23.0 Å². The maximum atomic E-state index is 12.5. The molecule has 1 amide bonds. The number of carbonyl (C=O) groups is 2. The van der Waals surface area contributed by atoms with E-state index in [4.69, 9.17) is 9.47 Å². The van der Waals surface area contributed by atoms with Gasteiger partial charge in [0.25, 0.3) is 5.91 Å². The van der Waals surface area contributed by atoms with Crippen LogP contribution in [0.25, 0.3) is 0 Å². The lowest BCUT2D eigenvalue weighted by Gasteiger charge is -2.26. The number of ether oxygens (including phenoxy) is 2. The molecule has 1 aromatic rings. The van der Waals surface area contributed by atoms with Gasteiger partial charge >= 0.3 is 5.97 Å². The molecule has 6 nitrogen and oxygen atoms in total. The third-order valence-electron chi connectivity index (χ3n) is 3.06. The third kappa shape index (κ3) is 8.05. The van der Waals surface area contributed by atoms with E-state index in [0.717, 1.165) is 5.56 Å². The minimum Gasteiger partial charge on any atom is -0.508 e. The van der Waals surface area contributed by atoms with Crippen molar-refractivity contribution in [3.8, 4) is 5.75 Å². The van der Waals surface area contributed by atoms with Crippen molar-refractivity contribution < 1.29 is 24.2 Å². The summed E-state index contributed by atoms with van der Waals surface area (Å²) in [6.07, 6.45) is 0.212. The number of carbonyl (C=O) groups excluding carboxylic acids is 2. The van der Waals surface area contributed by atoms with Gasteiger partial charge in [-0.1, -0.05) is 18.7 Å². The highest BCUT2D eigenvalue weighted by Gasteiger charge is 2.28. The number of amides is 1. The molecule has 0 fully saturated rings. The van der Waals surface area contributed by atoms with Gasteiger partial charge in [-0.15, -0.1) is 0 Å². The summed E-state index contributed by atoms with van der Waals surface area (Å²) in [5.41, 5.74) is -0.498. The third-order valence-corrected chi connectivity index (χ3v) is 3.06. The number of rotatable bonds is 6. The van der Waals surface area contributed by atoms with Gasteiger partial charge in [-0.2, -0.15) is 0 Å². The minimum atomic E-state index is -0.911. The van der Waals surface area contributed by atoms with Gasteiger partial charge in [-0.3, -0.25) is 4.79 Å². The quantitative estimate of drug-likeness (QED) is 0.461. The lowest BCUT2D eigenvalue weighted by Crippen LogP contribution is -2.46. The van der Waals surface area contributed by atoms with E-state index >= 15 is 0 Å². The summed E-state index contributed by atoms with van der Waals surface area (Å²) in [5, 5.41) is 12.0. The van der Waals surface area contributed by atoms with Crippen LogP contribution in [0.15, 0.2) is 36.6 Å². The van der Waals surface area contributed by atoms with Crippen LogP contribution in [0.5, 0.6) is 5.75 Å². The van der Waals surface area contributed by atoms with Gasteiger partial charge in [0.05, 0.1) is 0 Å². The standard InChI is InChI=1S/C20H29NO5/c1-13(25-19(2,3)4)17(23)21-16(18(24)26-20(5,6)7)12-14-8-10-15(22)11-9-14/h8-11,16,22H,1,12H2,2-7H3,(H,21,23)/t16-/m0/s1. The van der Waals surface area contributed by atoms with Crippen LogP contribution in [0.1, 0.15) is 47.1 Å². The first-order valence-electron chi connectivity index (χ1n) is 8.46. The Kier molecular flexibility index (Phi) is 6.84. The van der Waals surface area contributed by atoms with Crippen LogP contribution in [0, 0.1) is 0 Å². The SMILES string of the molecule is C=C(OC(C)(C)C)C(=O)N[C@@H](Cc1ccc(O)cc1)C(=O)OC(C)(C)C. The first-order valence-corrected chi connectivity index (χ1v) is 8.46. The molecule has 6 heteroatoms. The smallest absolute Gasteiger partial charge is 0.329 e. The summed E-state index contributed by atoms with van der Waals surface area (Å²) in [6.45, 7) is 14.3. The van der Waals surface area contributed by atoms with Crippen molar-refractivity contribution in [2.75, 3.05) is 0 Å². The Bertz CT molecular complexity index is 650. The van der Waals surface area contributed by atoms with Crippen LogP contribution in [0.2, 0.25) is 0 Å². The highest BCUT2D eigenvalue weighted by atomic mass is 16.6. The molecule has 0 spiro atoms. The number of hydrogen-bond acceptors (Lipinski definition) is 5. The van der Waals surface area contributed by atoms with E-state index in [1.54, 1.807) is 53.7 Å². The fraction of sp³-hybridized carbons (Fsp3) is 0.500. The lowest BCUT2D eigenvalue weighted by molar-refractivity contribution is -0.158. The predicted octanol–water partition coefficient (Wildman–Crippen LogP) is 3.09. The zero-order valence-electron chi connectivity index (χ0n) is 16.4. The number of phenolic OH excluding ortho intramolecular Hbond substituents is 1. The van der Waals surface area contributed by atoms with Gasteiger partial charge in [-0.25, -0.2) is 4.79 Å². The molecule has 0 aliphatic heterocycles. The summed E-state index contributed by atoms with van der Waals surface area (Å²) < 4.78 is 10.9. The molecule has 144 valence electrons. The van der Waals surface area contributed by atoms with E-state index in [1.807, 2.05) is 0 Å². The van der Waals surface area contributed by atoms with Crippen LogP contribution >= 0.6 is 0 Å². The number of esters is 1. The second-order valence-electron chi connectivity index (χ2n) is 8.07. The van der Waals surface area contributed by atoms with E-state index < -0.39 is 29.1 Å². The van der Waals surface area contributed by atoms with Gasteiger partial charge < -0.3 is 19.9 Å². The van der Waals surface area contributed by atoms with Crippen LogP contribution < -0.4 is 5.32 Å². The van der Waals surface area contributed by atoms with Crippen LogP contribution in [-0.4, -0.2) is 34.2 Å². The summed E-state index contributed by atoms with van der Waals surface area (Å²) in [5.74, 6) is -1.08. The Labute approximate surface area is 155 Å². The van der Waals surface area contributed by atoms with Crippen LogP contribution in [-0.2, 0) is 25.5 Å². The molecule has 0 unspecified atom stereocenters.